The Balaban J connectivity index is 1.93. The fraction of sp³-hybridized carbons (Fsp3) is 0. The quantitative estimate of drug-likeness (QED) is 0.598. The average Bonchev–Trinajstić information content (AvgIpc) is 3.02. The van der Waals surface area contributed by atoms with E-state index in [0.717, 1.165) is 14.9 Å². The second kappa shape index (κ2) is 5.15. The monoisotopic (exact) mass is 332 g/mol. The number of esters is 1. The second-order valence-corrected chi connectivity index (χ2v) is 5.92. The number of ether oxygens (including phenoxy) is 1. The van der Waals surface area contributed by atoms with Gasteiger partial charge in [-0.1, -0.05) is 34.1 Å². The molecule has 0 saturated heterocycles. The molecule has 2 nitrogen and oxygen atoms in total. The zero-order valence-electron chi connectivity index (χ0n) is 9.80. The van der Waals surface area contributed by atoms with E-state index in [1.165, 1.54) is 0 Å². The highest BCUT2D eigenvalue weighted by Crippen LogP contribution is 2.28. The lowest BCUT2D eigenvalue weighted by atomic mass is 10.1. The Morgan fingerprint density at radius 1 is 1.16 bits per heavy atom. The number of benzene rings is 1. The lowest BCUT2D eigenvalue weighted by Crippen LogP contribution is -1.96. The highest BCUT2D eigenvalue weighted by atomic mass is 79.9. The molecule has 0 saturated carbocycles. The SMILES string of the molecule is O=C1OC(c2ccc(Br)cc2)=C/C1=C\c1cccs1. The molecule has 2 aromatic rings. The molecule has 0 amide bonds. The van der Waals surface area contributed by atoms with Gasteiger partial charge < -0.3 is 4.74 Å². The van der Waals surface area contributed by atoms with Gasteiger partial charge >= 0.3 is 5.97 Å². The second-order valence-electron chi connectivity index (χ2n) is 4.02. The number of cyclic esters (lactones) is 1. The van der Waals surface area contributed by atoms with Crippen molar-refractivity contribution in [3.8, 4) is 0 Å². The number of thiophene rings is 1. The lowest BCUT2D eigenvalue weighted by molar-refractivity contribution is -0.130. The summed E-state index contributed by atoms with van der Waals surface area (Å²) in [6, 6.07) is 11.6. The van der Waals surface area contributed by atoms with Crippen molar-refractivity contribution in [2.24, 2.45) is 0 Å². The highest BCUT2D eigenvalue weighted by Gasteiger charge is 2.21. The van der Waals surface area contributed by atoms with E-state index in [0.29, 0.717) is 11.3 Å². The topological polar surface area (TPSA) is 26.3 Å². The Morgan fingerprint density at radius 3 is 2.63 bits per heavy atom. The smallest absolute Gasteiger partial charge is 0.343 e. The van der Waals surface area contributed by atoms with Crippen LogP contribution in [0.4, 0.5) is 0 Å². The number of carbonyl (C=O) groups is 1. The molecule has 0 atom stereocenters. The summed E-state index contributed by atoms with van der Waals surface area (Å²) < 4.78 is 6.29. The standard InChI is InChI=1S/C15H9BrO2S/c16-12-5-3-10(4-6-12)14-9-11(15(17)18-14)8-13-2-1-7-19-13/h1-9H/b11-8+. The van der Waals surface area contributed by atoms with Crippen LogP contribution < -0.4 is 0 Å². The van der Waals surface area contributed by atoms with Gasteiger partial charge in [-0.2, -0.15) is 0 Å². The molecule has 1 aromatic heterocycles. The van der Waals surface area contributed by atoms with Gasteiger partial charge in [-0.15, -0.1) is 11.3 Å². The zero-order chi connectivity index (χ0) is 13.2. The molecule has 0 aliphatic carbocycles. The molecule has 3 rings (SSSR count). The van der Waals surface area contributed by atoms with Crippen LogP contribution in [0.25, 0.3) is 11.8 Å². The van der Waals surface area contributed by atoms with Crippen LogP contribution >= 0.6 is 27.3 Å². The third-order valence-electron chi connectivity index (χ3n) is 2.69. The maximum Gasteiger partial charge on any atom is 0.343 e. The molecular formula is C15H9BrO2S. The van der Waals surface area contributed by atoms with E-state index in [9.17, 15) is 4.79 Å². The van der Waals surface area contributed by atoms with Gasteiger partial charge in [0.15, 0.2) is 0 Å². The van der Waals surface area contributed by atoms with Gasteiger partial charge in [-0.05, 0) is 35.7 Å². The van der Waals surface area contributed by atoms with Crippen molar-refractivity contribution in [3.05, 3.63) is 68.3 Å². The predicted octanol–water partition coefficient (Wildman–Crippen LogP) is 4.49. The summed E-state index contributed by atoms with van der Waals surface area (Å²) in [5.74, 6) is 0.298. The number of rotatable bonds is 2. The summed E-state index contributed by atoms with van der Waals surface area (Å²) in [7, 11) is 0. The van der Waals surface area contributed by atoms with Crippen LogP contribution in [-0.2, 0) is 9.53 Å². The molecule has 0 radical (unpaired) electrons. The van der Waals surface area contributed by atoms with E-state index in [1.807, 2.05) is 47.9 Å². The summed E-state index contributed by atoms with van der Waals surface area (Å²) in [5, 5.41) is 1.98. The van der Waals surface area contributed by atoms with Crippen molar-refractivity contribution in [1.82, 2.24) is 0 Å². The number of hydrogen-bond donors (Lipinski definition) is 0. The first-order chi connectivity index (χ1) is 9.22. The molecule has 0 unspecified atom stereocenters. The molecule has 4 heteroatoms. The van der Waals surface area contributed by atoms with Gasteiger partial charge in [-0.25, -0.2) is 4.79 Å². The Labute approximate surface area is 123 Å². The maximum atomic E-state index is 11.8. The maximum absolute atomic E-state index is 11.8. The molecule has 19 heavy (non-hydrogen) atoms. The van der Waals surface area contributed by atoms with Gasteiger partial charge in [0, 0.05) is 14.9 Å². The van der Waals surface area contributed by atoms with Gasteiger partial charge in [0.1, 0.15) is 5.76 Å². The van der Waals surface area contributed by atoms with Gasteiger partial charge in [0.2, 0.25) is 0 Å². The largest absolute Gasteiger partial charge is 0.422 e. The predicted molar refractivity (Wildman–Crippen MR) is 80.5 cm³/mol. The summed E-state index contributed by atoms with van der Waals surface area (Å²) in [6.45, 7) is 0. The Morgan fingerprint density at radius 2 is 1.95 bits per heavy atom. The van der Waals surface area contributed by atoms with Crippen LogP contribution in [-0.4, -0.2) is 5.97 Å². The van der Waals surface area contributed by atoms with E-state index >= 15 is 0 Å². The van der Waals surface area contributed by atoms with Crippen LogP contribution in [0.5, 0.6) is 0 Å². The number of hydrogen-bond acceptors (Lipinski definition) is 3. The molecule has 1 aliphatic rings. The van der Waals surface area contributed by atoms with Crippen molar-refractivity contribution >= 4 is 45.1 Å². The highest BCUT2D eigenvalue weighted by molar-refractivity contribution is 9.10. The summed E-state index contributed by atoms with van der Waals surface area (Å²) in [4.78, 5) is 12.8. The fourth-order valence-corrected chi connectivity index (χ4v) is 2.70. The van der Waals surface area contributed by atoms with E-state index in [-0.39, 0.29) is 5.97 Å². The lowest BCUT2D eigenvalue weighted by Gasteiger charge is -2.01. The van der Waals surface area contributed by atoms with E-state index in [2.05, 4.69) is 15.9 Å². The normalized spacial score (nSPS) is 16.6. The van der Waals surface area contributed by atoms with E-state index in [1.54, 1.807) is 17.4 Å². The minimum atomic E-state index is -0.300. The molecule has 0 fully saturated rings. The number of carbonyl (C=O) groups excluding carboxylic acids is 1. The van der Waals surface area contributed by atoms with Gasteiger partial charge in [0.05, 0.1) is 5.57 Å². The molecule has 0 N–H and O–H groups in total. The van der Waals surface area contributed by atoms with E-state index in [4.69, 9.17) is 4.74 Å². The zero-order valence-corrected chi connectivity index (χ0v) is 12.2. The Hall–Kier alpha value is -1.65. The molecule has 2 heterocycles. The Bertz CT molecular complexity index is 667. The van der Waals surface area contributed by atoms with Crippen LogP contribution in [0.2, 0.25) is 0 Å². The number of halogens is 1. The van der Waals surface area contributed by atoms with Crippen LogP contribution in [0.3, 0.4) is 0 Å². The van der Waals surface area contributed by atoms with E-state index < -0.39 is 0 Å². The minimum Gasteiger partial charge on any atom is -0.422 e. The minimum absolute atomic E-state index is 0.300. The van der Waals surface area contributed by atoms with Crippen molar-refractivity contribution in [3.63, 3.8) is 0 Å². The van der Waals surface area contributed by atoms with Crippen LogP contribution in [0, 0.1) is 0 Å². The van der Waals surface area contributed by atoms with Crippen LogP contribution in [0.15, 0.2) is 57.9 Å². The first-order valence-electron chi connectivity index (χ1n) is 5.67. The molecule has 1 aromatic carbocycles. The summed E-state index contributed by atoms with van der Waals surface area (Å²) in [5.41, 5.74) is 1.48. The molecule has 1 aliphatic heterocycles. The van der Waals surface area contributed by atoms with Crippen molar-refractivity contribution in [2.75, 3.05) is 0 Å². The fourth-order valence-electron chi connectivity index (χ4n) is 1.77. The van der Waals surface area contributed by atoms with Crippen molar-refractivity contribution < 1.29 is 9.53 Å². The van der Waals surface area contributed by atoms with Crippen molar-refractivity contribution in [2.45, 2.75) is 0 Å². The first-order valence-corrected chi connectivity index (χ1v) is 7.35. The summed E-state index contributed by atoms with van der Waals surface area (Å²) in [6.07, 6.45) is 3.63. The van der Waals surface area contributed by atoms with Gasteiger partial charge in [-0.3, -0.25) is 0 Å². The third-order valence-corrected chi connectivity index (χ3v) is 4.04. The summed E-state index contributed by atoms with van der Waals surface area (Å²) >= 11 is 4.97. The third kappa shape index (κ3) is 2.69. The Kier molecular flexibility index (Phi) is 3.36. The van der Waals surface area contributed by atoms with Crippen LogP contribution in [0.1, 0.15) is 10.4 Å². The van der Waals surface area contributed by atoms with Gasteiger partial charge in [0.25, 0.3) is 0 Å². The molecule has 0 spiro atoms. The first kappa shape index (κ1) is 12.4. The van der Waals surface area contributed by atoms with Crippen molar-refractivity contribution in [1.29, 1.82) is 0 Å². The average molecular weight is 333 g/mol. The molecular weight excluding hydrogens is 324 g/mol. The molecule has 0 bridgehead atoms. The molecule has 94 valence electrons.